The molecule has 1 aliphatic carbocycles. The Morgan fingerprint density at radius 2 is 2.00 bits per heavy atom. The average molecular weight is 224 g/mol. The van der Waals surface area contributed by atoms with Crippen molar-refractivity contribution in [3.8, 4) is 0 Å². The first-order chi connectivity index (χ1) is 7.43. The zero-order valence-corrected chi connectivity index (χ0v) is 10.3. The molecule has 1 aromatic heterocycles. The van der Waals surface area contributed by atoms with Crippen molar-refractivity contribution in [2.45, 2.75) is 51.6 Å². The largest absolute Gasteiger partial charge is 0.389 e. The van der Waals surface area contributed by atoms with E-state index in [9.17, 15) is 5.11 Å². The fourth-order valence-corrected chi connectivity index (χ4v) is 2.54. The van der Waals surface area contributed by atoms with Gasteiger partial charge in [0.2, 0.25) is 0 Å². The molecule has 0 spiro atoms. The molecule has 1 aliphatic rings. The molecule has 1 N–H and O–H groups in total. The summed E-state index contributed by atoms with van der Waals surface area (Å²) in [6.45, 7) is 4.26. The van der Waals surface area contributed by atoms with Crippen molar-refractivity contribution >= 4 is 0 Å². The Labute approximate surface area is 95.9 Å². The van der Waals surface area contributed by atoms with Gasteiger partial charge in [0.15, 0.2) is 5.82 Å². The first kappa shape index (κ1) is 11.5. The molecule has 0 aromatic carbocycles. The van der Waals surface area contributed by atoms with E-state index in [0.717, 1.165) is 19.3 Å². The Morgan fingerprint density at radius 3 is 2.56 bits per heavy atom. The fraction of sp³-hybridized carbons (Fsp3) is 0.909. The van der Waals surface area contributed by atoms with Crippen LogP contribution in [-0.2, 0) is 13.5 Å². The third kappa shape index (κ3) is 1.96. The van der Waals surface area contributed by atoms with Gasteiger partial charge in [0, 0.05) is 6.42 Å². The predicted molar refractivity (Wildman–Crippen MR) is 59.7 cm³/mol. The molecule has 2 rings (SSSR count). The van der Waals surface area contributed by atoms with Crippen molar-refractivity contribution in [2.75, 3.05) is 0 Å². The van der Waals surface area contributed by atoms with Crippen molar-refractivity contribution in [2.24, 2.45) is 12.5 Å². The van der Waals surface area contributed by atoms with E-state index in [1.807, 2.05) is 0 Å². The van der Waals surface area contributed by atoms with Crippen LogP contribution in [0.4, 0.5) is 0 Å². The monoisotopic (exact) mass is 224 g/mol. The summed E-state index contributed by atoms with van der Waals surface area (Å²) >= 11 is 0. The van der Waals surface area contributed by atoms with Gasteiger partial charge in [-0.2, -0.15) is 4.80 Å². The van der Waals surface area contributed by atoms with Gasteiger partial charge in [0.05, 0.1) is 12.6 Å². The van der Waals surface area contributed by atoms with E-state index in [1.54, 1.807) is 7.05 Å². The highest BCUT2D eigenvalue weighted by Gasteiger charge is 2.45. The van der Waals surface area contributed by atoms with Crippen LogP contribution in [0.2, 0.25) is 0 Å². The molecule has 1 saturated carbocycles. The van der Waals surface area contributed by atoms with Gasteiger partial charge in [-0.1, -0.05) is 26.7 Å². The molecule has 0 saturated heterocycles. The Hall–Kier alpha value is -0.970. The zero-order chi connectivity index (χ0) is 11.8. The third-order valence-corrected chi connectivity index (χ3v) is 3.90. The molecule has 0 aliphatic heterocycles. The average Bonchev–Trinajstić information content (AvgIpc) is 2.57. The molecule has 0 bridgehead atoms. The van der Waals surface area contributed by atoms with Crippen molar-refractivity contribution in [3.05, 3.63) is 5.82 Å². The second kappa shape index (κ2) is 3.80. The highest BCUT2D eigenvalue weighted by atomic mass is 16.3. The van der Waals surface area contributed by atoms with E-state index >= 15 is 0 Å². The summed E-state index contributed by atoms with van der Waals surface area (Å²) in [5, 5.41) is 22.7. The van der Waals surface area contributed by atoms with Crippen LogP contribution in [0.5, 0.6) is 0 Å². The van der Waals surface area contributed by atoms with E-state index in [4.69, 9.17) is 0 Å². The quantitative estimate of drug-likeness (QED) is 0.816. The SMILES string of the molecule is Cn1nnc(CC2(O)CCCCC2(C)C)n1. The summed E-state index contributed by atoms with van der Waals surface area (Å²) in [6.07, 6.45) is 4.68. The van der Waals surface area contributed by atoms with E-state index in [2.05, 4.69) is 29.3 Å². The summed E-state index contributed by atoms with van der Waals surface area (Å²) in [5.41, 5.74) is -0.751. The maximum atomic E-state index is 10.7. The summed E-state index contributed by atoms with van der Waals surface area (Å²) in [5.74, 6) is 0.639. The van der Waals surface area contributed by atoms with Crippen LogP contribution in [0, 0.1) is 5.41 Å². The number of nitrogens with zero attached hydrogens (tertiary/aromatic N) is 4. The first-order valence-electron chi connectivity index (χ1n) is 5.88. The Kier molecular flexibility index (Phi) is 2.74. The third-order valence-electron chi connectivity index (χ3n) is 3.90. The maximum absolute atomic E-state index is 10.7. The Morgan fingerprint density at radius 1 is 1.31 bits per heavy atom. The maximum Gasteiger partial charge on any atom is 0.177 e. The van der Waals surface area contributed by atoms with Gasteiger partial charge in [-0.15, -0.1) is 10.2 Å². The first-order valence-corrected chi connectivity index (χ1v) is 5.88. The summed E-state index contributed by atoms with van der Waals surface area (Å²) in [4.78, 5) is 1.44. The summed E-state index contributed by atoms with van der Waals surface area (Å²) in [7, 11) is 1.74. The van der Waals surface area contributed by atoms with Crippen LogP contribution in [0.1, 0.15) is 45.4 Å². The van der Waals surface area contributed by atoms with Gasteiger partial charge in [-0.05, 0) is 23.5 Å². The molecule has 5 heteroatoms. The fourth-order valence-electron chi connectivity index (χ4n) is 2.54. The van der Waals surface area contributed by atoms with Crippen molar-refractivity contribution in [3.63, 3.8) is 0 Å². The molecule has 90 valence electrons. The minimum atomic E-state index is -0.686. The molecule has 1 aromatic rings. The van der Waals surface area contributed by atoms with E-state index in [1.165, 1.54) is 11.2 Å². The molecule has 16 heavy (non-hydrogen) atoms. The number of aromatic nitrogens is 4. The highest BCUT2D eigenvalue weighted by Crippen LogP contribution is 2.45. The molecule has 0 amide bonds. The smallest absolute Gasteiger partial charge is 0.177 e. The van der Waals surface area contributed by atoms with Crippen LogP contribution in [0.25, 0.3) is 0 Å². The van der Waals surface area contributed by atoms with Gasteiger partial charge in [0.1, 0.15) is 0 Å². The van der Waals surface area contributed by atoms with Gasteiger partial charge < -0.3 is 5.11 Å². The van der Waals surface area contributed by atoms with Crippen molar-refractivity contribution in [1.82, 2.24) is 20.2 Å². The lowest BCUT2D eigenvalue weighted by molar-refractivity contribution is -0.0970. The van der Waals surface area contributed by atoms with E-state index < -0.39 is 5.60 Å². The molecule has 1 fully saturated rings. The highest BCUT2D eigenvalue weighted by molar-refractivity contribution is 5.01. The number of aliphatic hydroxyl groups is 1. The van der Waals surface area contributed by atoms with Gasteiger partial charge in [0.25, 0.3) is 0 Å². The van der Waals surface area contributed by atoms with Crippen molar-refractivity contribution < 1.29 is 5.11 Å². The molecular weight excluding hydrogens is 204 g/mol. The van der Waals surface area contributed by atoms with Gasteiger partial charge >= 0.3 is 0 Å². The summed E-state index contributed by atoms with van der Waals surface area (Å²) < 4.78 is 0. The normalized spacial score (nSPS) is 29.2. The number of aryl methyl sites for hydroxylation is 1. The zero-order valence-electron chi connectivity index (χ0n) is 10.3. The van der Waals surface area contributed by atoms with E-state index in [0.29, 0.717) is 12.2 Å². The predicted octanol–water partition coefficient (Wildman–Crippen LogP) is 1.08. The minimum absolute atomic E-state index is 0.0650. The van der Waals surface area contributed by atoms with Crippen LogP contribution in [0.3, 0.4) is 0 Å². The molecular formula is C11H20N4O. The molecule has 1 unspecified atom stereocenters. The lowest BCUT2D eigenvalue weighted by atomic mass is 9.64. The molecule has 1 heterocycles. The van der Waals surface area contributed by atoms with Crippen LogP contribution in [-0.4, -0.2) is 30.9 Å². The minimum Gasteiger partial charge on any atom is -0.389 e. The second-order valence-electron chi connectivity index (χ2n) is 5.49. The number of tetrazole rings is 1. The number of hydrogen-bond acceptors (Lipinski definition) is 4. The molecule has 0 radical (unpaired) electrons. The van der Waals surface area contributed by atoms with Crippen molar-refractivity contribution in [1.29, 1.82) is 0 Å². The lowest BCUT2D eigenvalue weighted by Crippen LogP contribution is -2.49. The number of rotatable bonds is 2. The summed E-state index contributed by atoms with van der Waals surface area (Å²) in [6, 6.07) is 0. The molecule has 5 nitrogen and oxygen atoms in total. The van der Waals surface area contributed by atoms with Crippen LogP contribution >= 0.6 is 0 Å². The van der Waals surface area contributed by atoms with Gasteiger partial charge in [-0.25, -0.2) is 0 Å². The van der Waals surface area contributed by atoms with Crippen LogP contribution < -0.4 is 0 Å². The van der Waals surface area contributed by atoms with Crippen LogP contribution in [0.15, 0.2) is 0 Å². The van der Waals surface area contributed by atoms with Gasteiger partial charge in [-0.3, -0.25) is 0 Å². The Bertz CT molecular complexity index is 374. The van der Waals surface area contributed by atoms with E-state index in [-0.39, 0.29) is 5.41 Å². The standard InChI is InChI=1S/C11H20N4O/c1-10(2)6-4-5-7-11(10,16)8-9-12-14-15(3)13-9/h16H,4-8H2,1-3H3. The number of hydrogen-bond donors (Lipinski definition) is 1. The topological polar surface area (TPSA) is 63.8 Å². The lowest BCUT2D eigenvalue weighted by Gasteiger charge is -2.46. The Balaban J connectivity index is 2.17. The molecule has 1 atom stereocenters. The second-order valence-corrected chi connectivity index (χ2v) is 5.49.